The fourth-order valence-electron chi connectivity index (χ4n) is 2.27. The van der Waals surface area contributed by atoms with Crippen LogP contribution < -0.4 is 15.4 Å². The molecular formula is C14H20N2O3. The van der Waals surface area contributed by atoms with Crippen molar-refractivity contribution in [2.45, 2.75) is 32.5 Å². The quantitative estimate of drug-likeness (QED) is 0.857. The summed E-state index contributed by atoms with van der Waals surface area (Å²) in [5.74, 6) is 0.651. The second-order valence-corrected chi connectivity index (χ2v) is 4.58. The number of likely N-dealkylation sites (N-methyl/N-ethyl adjacent to an activating group) is 1. The summed E-state index contributed by atoms with van der Waals surface area (Å²) in [6.07, 6.45) is -0.497. The maximum absolute atomic E-state index is 12.2. The van der Waals surface area contributed by atoms with Gasteiger partial charge in [0.05, 0.1) is 11.8 Å². The molecule has 1 heterocycles. The van der Waals surface area contributed by atoms with E-state index in [0.717, 1.165) is 0 Å². The van der Waals surface area contributed by atoms with Gasteiger partial charge in [0.2, 0.25) is 0 Å². The number of benzene rings is 1. The predicted molar refractivity (Wildman–Crippen MR) is 73.2 cm³/mol. The van der Waals surface area contributed by atoms with Crippen LogP contribution in [-0.4, -0.2) is 30.2 Å². The topological polar surface area (TPSA) is 75.8 Å². The van der Waals surface area contributed by atoms with Crippen LogP contribution in [-0.2, 0) is 4.79 Å². The molecule has 1 amide bonds. The summed E-state index contributed by atoms with van der Waals surface area (Å²) < 4.78 is 5.69. The Hall–Kier alpha value is -1.59. The first-order valence-electron chi connectivity index (χ1n) is 6.62. The summed E-state index contributed by atoms with van der Waals surface area (Å²) in [6.45, 7) is 4.57. The van der Waals surface area contributed by atoms with E-state index in [1.165, 1.54) is 0 Å². The minimum atomic E-state index is -0.719. The lowest BCUT2D eigenvalue weighted by Crippen LogP contribution is -2.45. The van der Waals surface area contributed by atoms with Crippen molar-refractivity contribution in [3.63, 3.8) is 0 Å². The third-order valence-electron chi connectivity index (χ3n) is 3.38. The van der Waals surface area contributed by atoms with Crippen molar-refractivity contribution in [1.82, 2.24) is 0 Å². The van der Waals surface area contributed by atoms with Crippen molar-refractivity contribution in [2.24, 2.45) is 5.73 Å². The summed E-state index contributed by atoms with van der Waals surface area (Å²) in [6, 6.07) is 5.36. The van der Waals surface area contributed by atoms with Crippen LogP contribution in [0, 0.1) is 0 Å². The highest BCUT2D eigenvalue weighted by molar-refractivity contribution is 6.00. The molecule has 2 atom stereocenters. The van der Waals surface area contributed by atoms with E-state index >= 15 is 0 Å². The highest BCUT2D eigenvalue weighted by atomic mass is 16.5. The number of hydrogen-bond acceptors (Lipinski definition) is 4. The first kappa shape index (κ1) is 13.8. The second-order valence-electron chi connectivity index (χ2n) is 4.58. The minimum absolute atomic E-state index is 0.0307. The van der Waals surface area contributed by atoms with Gasteiger partial charge in [-0.05, 0) is 31.0 Å². The van der Waals surface area contributed by atoms with E-state index in [-0.39, 0.29) is 12.5 Å². The van der Waals surface area contributed by atoms with Crippen molar-refractivity contribution in [1.29, 1.82) is 0 Å². The van der Waals surface area contributed by atoms with Crippen molar-refractivity contribution >= 4 is 11.6 Å². The molecule has 0 spiro atoms. The van der Waals surface area contributed by atoms with Crippen LogP contribution in [0.1, 0.15) is 31.9 Å². The predicted octanol–water partition coefficient (Wildman–Crippen LogP) is 1.20. The molecule has 0 aromatic heterocycles. The number of aliphatic hydroxyl groups excluding tert-OH is 1. The lowest BCUT2D eigenvalue weighted by molar-refractivity contribution is -0.126. The maximum Gasteiger partial charge on any atom is 0.268 e. The molecular weight excluding hydrogens is 244 g/mol. The van der Waals surface area contributed by atoms with Gasteiger partial charge in [0, 0.05) is 13.1 Å². The number of hydrogen-bond donors (Lipinski definition) is 2. The fraction of sp³-hybridized carbons (Fsp3) is 0.500. The third-order valence-corrected chi connectivity index (χ3v) is 3.38. The van der Waals surface area contributed by atoms with E-state index in [0.29, 0.717) is 30.0 Å². The van der Waals surface area contributed by atoms with Gasteiger partial charge in [0.1, 0.15) is 5.75 Å². The first-order chi connectivity index (χ1) is 9.12. The van der Waals surface area contributed by atoms with Crippen molar-refractivity contribution in [3.05, 3.63) is 23.8 Å². The monoisotopic (exact) mass is 264 g/mol. The van der Waals surface area contributed by atoms with Gasteiger partial charge in [-0.15, -0.1) is 0 Å². The molecule has 1 aromatic rings. The summed E-state index contributed by atoms with van der Waals surface area (Å²) in [7, 11) is 0. The molecule has 0 aliphatic carbocycles. The van der Waals surface area contributed by atoms with E-state index in [1.54, 1.807) is 23.1 Å². The van der Waals surface area contributed by atoms with Gasteiger partial charge in [-0.3, -0.25) is 4.79 Å². The number of amides is 1. The van der Waals surface area contributed by atoms with Crippen LogP contribution in [0.3, 0.4) is 0 Å². The minimum Gasteiger partial charge on any atom is -0.478 e. The molecule has 19 heavy (non-hydrogen) atoms. The SMILES string of the molecule is CCC1Oc2ccc(C(O)CN)cc2N(CC)C1=O. The van der Waals surface area contributed by atoms with E-state index in [4.69, 9.17) is 10.5 Å². The molecule has 0 radical (unpaired) electrons. The lowest BCUT2D eigenvalue weighted by atomic mass is 10.1. The van der Waals surface area contributed by atoms with E-state index in [9.17, 15) is 9.90 Å². The average Bonchev–Trinajstić information content (AvgIpc) is 2.45. The Labute approximate surface area is 113 Å². The standard InChI is InChI=1S/C14H20N2O3/c1-3-12-14(18)16(4-2)10-7-9(11(17)8-15)5-6-13(10)19-12/h5-7,11-12,17H,3-4,8,15H2,1-2H3. The van der Waals surface area contributed by atoms with Gasteiger partial charge in [0.15, 0.2) is 6.10 Å². The molecule has 1 aliphatic heterocycles. The highest BCUT2D eigenvalue weighted by Crippen LogP contribution is 2.36. The molecule has 0 saturated carbocycles. The average molecular weight is 264 g/mol. The Morgan fingerprint density at radius 2 is 2.21 bits per heavy atom. The number of nitrogens with two attached hydrogens (primary N) is 1. The number of carbonyl (C=O) groups is 1. The number of fused-ring (bicyclic) bond motifs is 1. The highest BCUT2D eigenvalue weighted by Gasteiger charge is 2.32. The van der Waals surface area contributed by atoms with Crippen LogP contribution in [0.25, 0.3) is 0 Å². The molecule has 5 nitrogen and oxygen atoms in total. The molecule has 3 N–H and O–H groups in total. The van der Waals surface area contributed by atoms with E-state index < -0.39 is 12.2 Å². The largest absolute Gasteiger partial charge is 0.478 e. The molecule has 0 fully saturated rings. The fourth-order valence-corrected chi connectivity index (χ4v) is 2.27. The zero-order valence-electron chi connectivity index (χ0n) is 11.3. The Morgan fingerprint density at radius 3 is 2.79 bits per heavy atom. The smallest absolute Gasteiger partial charge is 0.268 e. The normalized spacial score (nSPS) is 19.9. The summed E-state index contributed by atoms with van der Waals surface area (Å²) in [5.41, 5.74) is 6.87. The molecule has 1 aromatic carbocycles. The molecule has 0 saturated heterocycles. The Bertz CT molecular complexity index is 476. The molecule has 2 rings (SSSR count). The zero-order chi connectivity index (χ0) is 14.0. The molecule has 104 valence electrons. The van der Waals surface area contributed by atoms with Gasteiger partial charge < -0.3 is 20.5 Å². The van der Waals surface area contributed by atoms with Crippen LogP contribution in [0.2, 0.25) is 0 Å². The van der Waals surface area contributed by atoms with Gasteiger partial charge in [-0.1, -0.05) is 13.0 Å². The van der Waals surface area contributed by atoms with Gasteiger partial charge in [0.25, 0.3) is 5.91 Å². The van der Waals surface area contributed by atoms with Crippen LogP contribution in [0.4, 0.5) is 5.69 Å². The van der Waals surface area contributed by atoms with Gasteiger partial charge in [-0.2, -0.15) is 0 Å². The maximum atomic E-state index is 12.2. The summed E-state index contributed by atoms with van der Waals surface area (Å²) in [5, 5.41) is 9.78. The number of anilines is 1. The van der Waals surface area contributed by atoms with Crippen LogP contribution >= 0.6 is 0 Å². The molecule has 5 heteroatoms. The number of ether oxygens (including phenoxy) is 1. The number of nitrogens with zero attached hydrogens (tertiary/aromatic N) is 1. The van der Waals surface area contributed by atoms with Gasteiger partial charge >= 0.3 is 0 Å². The van der Waals surface area contributed by atoms with Crippen molar-refractivity contribution in [2.75, 3.05) is 18.0 Å². The Kier molecular flexibility index (Phi) is 4.07. The van der Waals surface area contributed by atoms with Gasteiger partial charge in [-0.25, -0.2) is 0 Å². The molecule has 0 bridgehead atoms. The second kappa shape index (κ2) is 5.59. The Balaban J connectivity index is 2.42. The third kappa shape index (κ3) is 2.43. The zero-order valence-corrected chi connectivity index (χ0v) is 11.3. The first-order valence-corrected chi connectivity index (χ1v) is 6.62. The number of rotatable bonds is 4. The molecule has 2 unspecified atom stereocenters. The number of carbonyl (C=O) groups excluding carboxylic acids is 1. The van der Waals surface area contributed by atoms with Crippen molar-refractivity contribution < 1.29 is 14.6 Å². The van der Waals surface area contributed by atoms with Crippen molar-refractivity contribution in [3.8, 4) is 5.75 Å². The lowest BCUT2D eigenvalue weighted by Gasteiger charge is -2.34. The van der Waals surface area contributed by atoms with E-state index in [1.807, 2.05) is 13.8 Å². The number of aliphatic hydroxyl groups is 1. The van der Waals surface area contributed by atoms with Crippen LogP contribution in [0.5, 0.6) is 5.75 Å². The summed E-state index contributed by atoms with van der Waals surface area (Å²) in [4.78, 5) is 13.9. The van der Waals surface area contributed by atoms with Crippen LogP contribution in [0.15, 0.2) is 18.2 Å². The summed E-state index contributed by atoms with van der Waals surface area (Å²) >= 11 is 0. The molecule has 1 aliphatic rings. The van der Waals surface area contributed by atoms with E-state index in [2.05, 4.69) is 0 Å². The Morgan fingerprint density at radius 1 is 1.47 bits per heavy atom.